The van der Waals surface area contributed by atoms with Gasteiger partial charge in [-0.3, -0.25) is 4.79 Å². The van der Waals surface area contributed by atoms with E-state index in [-0.39, 0.29) is 11.6 Å². The van der Waals surface area contributed by atoms with Crippen molar-refractivity contribution in [3.63, 3.8) is 0 Å². The standard InChI is InChI=1S/C15H15N7O/c1-21(2)15-16-9-7-12(20-15)19-14(23)11-5-3-6-13(18-11)22-10-4-8-17-22/h3-10H,1-2H3,(H,16,19,20,23). The Bertz CT molecular complexity index is 814. The fourth-order valence-electron chi connectivity index (χ4n) is 1.90. The molecule has 0 radical (unpaired) electrons. The first-order valence-electron chi connectivity index (χ1n) is 6.92. The molecule has 0 aliphatic heterocycles. The Hall–Kier alpha value is -3.29. The zero-order valence-corrected chi connectivity index (χ0v) is 12.7. The zero-order valence-electron chi connectivity index (χ0n) is 12.7. The van der Waals surface area contributed by atoms with Crippen LogP contribution in [-0.2, 0) is 0 Å². The lowest BCUT2D eigenvalue weighted by Crippen LogP contribution is -2.18. The number of anilines is 2. The van der Waals surface area contributed by atoms with Crippen LogP contribution < -0.4 is 10.2 Å². The van der Waals surface area contributed by atoms with E-state index >= 15 is 0 Å². The summed E-state index contributed by atoms with van der Waals surface area (Å²) in [4.78, 5) is 26.8. The third-order valence-electron chi connectivity index (χ3n) is 2.99. The van der Waals surface area contributed by atoms with Crippen molar-refractivity contribution in [3.05, 3.63) is 54.6 Å². The van der Waals surface area contributed by atoms with Crippen LogP contribution in [0.15, 0.2) is 48.9 Å². The summed E-state index contributed by atoms with van der Waals surface area (Å²) in [6.45, 7) is 0. The van der Waals surface area contributed by atoms with E-state index in [1.807, 2.05) is 14.1 Å². The molecule has 23 heavy (non-hydrogen) atoms. The molecule has 0 bridgehead atoms. The molecule has 3 aromatic heterocycles. The van der Waals surface area contributed by atoms with Gasteiger partial charge in [0, 0.05) is 32.7 Å². The molecule has 116 valence electrons. The van der Waals surface area contributed by atoms with Crippen LogP contribution in [0.2, 0.25) is 0 Å². The third kappa shape index (κ3) is 3.31. The Morgan fingerprint density at radius 2 is 2.00 bits per heavy atom. The van der Waals surface area contributed by atoms with Crippen LogP contribution in [0, 0.1) is 0 Å². The van der Waals surface area contributed by atoms with Crippen LogP contribution in [0.3, 0.4) is 0 Å². The number of hydrogen-bond donors (Lipinski definition) is 1. The Balaban J connectivity index is 1.81. The lowest BCUT2D eigenvalue weighted by atomic mass is 10.3. The number of carbonyl (C=O) groups excluding carboxylic acids is 1. The maximum absolute atomic E-state index is 12.3. The molecular formula is C15H15N7O. The molecule has 0 unspecified atom stereocenters. The highest BCUT2D eigenvalue weighted by Gasteiger charge is 2.11. The smallest absolute Gasteiger partial charge is 0.275 e. The summed E-state index contributed by atoms with van der Waals surface area (Å²) in [5.74, 6) is 1.16. The van der Waals surface area contributed by atoms with Crippen molar-refractivity contribution in [2.24, 2.45) is 0 Å². The van der Waals surface area contributed by atoms with Gasteiger partial charge in [-0.15, -0.1) is 0 Å². The minimum Gasteiger partial charge on any atom is -0.347 e. The van der Waals surface area contributed by atoms with Gasteiger partial charge in [0.15, 0.2) is 5.82 Å². The predicted octanol–water partition coefficient (Wildman–Crippen LogP) is 1.38. The van der Waals surface area contributed by atoms with Crippen molar-refractivity contribution >= 4 is 17.7 Å². The number of hydrogen-bond acceptors (Lipinski definition) is 6. The molecule has 0 saturated carbocycles. The summed E-state index contributed by atoms with van der Waals surface area (Å²) >= 11 is 0. The van der Waals surface area contributed by atoms with Crippen LogP contribution in [0.25, 0.3) is 5.82 Å². The van der Waals surface area contributed by atoms with Gasteiger partial charge in [-0.25, -0.2) is 14.6 Å². The molecule has 0 aliphatic carbocycles. The maximum atomic E-state index is 12.3. The Kier molecular flexibility index (Phi) is 3.96. The highest BCUT2D eigenvalue weighted by molar-refractivity contribution is 6.02. The van der Waals surface area contributed by atoms with E-state index in [1.165, 1.54) is 0 Å². The molecule has 3 heterocycles. The molecule has 0 saturated heterocycles. The van der Waals surface area contributed by atoms with Gasteiger partial charge in [-0.2, -0.15) is 10.1 Å². The number of nitrogens with zero attached hydrogens (tertiary/aromatic N) is 6. The van der Waals surface area contributed by atoms with Gasteiger partial charge in [-0.1, -0.05) is 6.07 Å². The molecule has 0 aliphatic rings. The predicted molar refractivity (Wildman–Crippen MR) is 85.7 cm³/mol. The van der Waals surface area contributed by atoms with E-state index in [4.69, 9.17) is 0 Å². The van der Waals surface area contributed by atoms with Crippen LogP contribution in [-0.4, -0.2) is 44.7 Å². The Morgan fingerprint density at radius 3 is 2.74 bits per heavy atom. The number of rotatable bonds is 4. The molecule has 8 heteroatoms. The molecule has 3 rings (SSSR count). The molecular weight excluding hydrogens is 294 g/mol. The topological polar surface area (TPSA) is 88.8 Å². The van der Waals surface area contributed by atoms with E-state index in [1.54, 1.807) is 58.5 Å². The highest BCUT2D eigenvalue weighted by atomic mass is 16.1. The van der Waals surface area contributed by atoms with Gasteiger partial charge in [0.05, 0.1) is 0 Å². The largest absolute Gasteiger partial charge is 0.347 e. The quantitative estimate of drug-likeness (QED) is 0.783. The maximum Gasteiger partial charge on any atom is 0.275 e. The van der Waals surface area contributed by atoms with Crippen molar-refractivity contribution in [2.45, 2.75) is 0 Å². The molecule has 0 fully saturated rings. The van der Waals surface area contributed by atoms with Gasteiger partial charge in [0.25, 0.3) is 5.91 Å². The summed E-state index contributed by atoms with van der Waals surface area (Å²) in [6.07, 6.45) is 5.00. The first-order chi connectivity index (χ1) is 11.1. The normalized spacial score (nSPS) is 10.3. The lowest BCUT2D eigenvalue weighted by Gasteiger charge is -2.11. The molecule has 3 aromatic rings. The van der Waals surface area contributed by atoms with Gasteiger partial charge >= 0.3 is 0 Å². The second kappa shape index (κ2) is 6.22. The second-order valence-corrected chi connectivity index (χ2v) is 4.92. The summed E-state index contributed by atoms with van der Waals surface area (Å²) in [5.41, 5.74) is 0.281. The molecule has 0 spiro atoms. The summed E-state index contributed by atoms with van der Waals surface area (Å²) in [6, 6.07) is 8.58. The van der Waals surface area contributed by atoms with E-state index in [9.17, 15) is 4.79 Å². The molecule has 1 amide bonds. The van der Waals surface area contributed by atoms with Gasteiger partial charge in [0.2, 0.25) is 5.95 Å². The fraction of sp³-hybridized carbons (Fsp3) is 0.133. The van der Waals surface area contributed by atoms with E-state index in [0.29, 0.717) is 17.6 Å². The Labute approximate surface area is 132 Å². The zero-order chi connectivity index (χ0) is 16.2. The van der Waals surface area contributed by atoms with Crippen molar-refractivity contribution in [3.8, 4) is 5.82 Å². The van der Waals surface area contributed by atoms with E-state index in [0.717, 1.165) is 0 Å². The SMILES string of the molecule is CN(C)c1nccc(NC(=O)c2cccc(-n3cccn3)n2)n1. The lowest BCUT2D eigenvalue weighted by molar-refractivity contribution is 0.102. The Morgan fingerprint density at radius 1 is 1.13 bits per heavy atom. The van der Waals surface area contributed by atoms with Crippen LogP contribution in [0.4, 0.5) is 11.8 Å². The molecule has 0 atom stereocenters. The van der Waals surface area contributed by atoms with Gasteiger partial charge in [-0.05, 0) is 24.3 Å². The molecule has 8 nitrogen and oxygen atoms in total. The monoisotopic (exact) mass is 309 g/mol. The van der Waals surface area contributed by atoms with Crippen LogP contribution >= 0.6 is 0 Å². The number of nitrogens with one attached hydrogen (secondary N) is 1. The summed E-state index contributed by atoms with van der Waals surface area (Å²) in [5, 5.41) is 6.82. The van der Waals surface area contributed by atoms with Crippen LogP contribution in [0.5, 0.6) is 0 Å². The average Bonchev–Trinajstić information content (AvgIpc) is 3.10. The first kappa shape index (κ1) is 14.6. The number of aromatic nitrogens is 5. The summed E-state index contributed by atoms with van der Waals surface area (Å²) < 4.78 is 1.59. The number of pyridine rings is 1. The molecule has 1 N–H and O–H groups in total. The highest BCUT2D eigenvalue weighted by Crippen LogP contribution is 2.10. The first-order valence-corrected chi connectivity index (χ1v) is 6.92. The number of amides is 1. The van der Waals surface area contributed by atoms with Crippen molar-refractivity contribution in [1.29, 1.82) is 0 Å². The third-order valence-corrected chi connectivity index (χ3v) is 2.99. The van der Waals surface area contributed by atoms with Crippen molar-refractivity contribution in [1.82, 2.24) is 24.7 Å². The fourth-order valence-corrected chi connectivity index (χ4v) is 1.90. The average molecular weight is 309 g/mol. The van der Waals surface area contributed by atoms with Crippen molar-refractivity contribution in [2.75, 3.05) is 24.3 Å². The van der Waals surface area contributed by atoms with E-state index < -0.39 is 0 Å². The minimum atomic E-state index is -0.345. The summed E-state index contributed by atoms with van der Waals surface area (Å²) in [7, 11) is 3.66. The number of carbonyl (C=O) groups is 1. The second-order valence-electron chi connectivity index (χ2n) is 4.92. The van der Waals surface area contributed by atoms with E-state index in [2.05, 4.69) is 25.4 Å². The molecule has 0 aromatic carbocycles. The minimum absolute atomic E-state index is 0.281. The van der Waals surface area contributed by atoms with Gasteiger partial charge < -0.3 is 10.2 Å². The van der Waals surface area contributed by atoms with Crippen molar-refractivity contribution < 1.29 is 4.79 Å². The van der Waals surface area contributed by atoms with Crippen LogP contribution in [0.1, 0.15) is 10.5 Å². The van der Waals surface area contributed by atoms with Gasteiger partial charge in [0.1, 0.15) is 11.5 Å².